The number of aromatic nitrogens is 3. The lowest BCUT2D eigenvalue weighted by Gasteiger charge is -2.16. The number of ether oxygens (including phenoxy) is 2. The normalized spacial score (nSPS) is 11.2. The highest BCUT2D eigenvalue weighted by Gasteiger charge is 2.16. The summed E-state index contributed by atoms with van der Waals surface area (Å²) < 4.78 is 11.4. The van der Waals surface area contributed by atoms with E-state index in [1.807, 2.05) is 72.8 Å². The van der Waals surface area contributed by atoms with E-state index in [1.165, 1.54) is 0 Å². The van der Waals surface area contributed by atoms with E-state index in [0.717, 1.165) is 27.3 Å². The average Bonchev–Trinajstić information content (AvgIpc) is 2.90. The first-order valence-corrected chi connectivity index (χ1v) is 12.1. The van der Waals surface area contributed by atoms with Crippen LogP contribution in [0.15, 0.2) is 77.3 Å². The molecule has 4 aromatic rings. The first-order valence-electron chi connectivity index (χ1n) is 11.3. The lowest BCUT2D eigenvalue weighted by molar-refractivity contribution is -0.116. The fourth-order valence-electron chi connectivity index (χ4n) is 3.20. The molecule has 0 aliphatic carbocycles. The molecule has 3 aromatic carbocycles. The van der Waals surface area contributed by atoms with Crippen molar-refractivity contribution in [3.63, 3.8) is 0 Å². The molecule has 0 saturated heterocycles. The van der Waals surface area contributed by atoms with E-state index < -0.39 is 6.04 Å². The maximum absolute atomic E-state index is 12.8. The van der Waals surface area contributed by atoms with E-state index in [0.29, 0.717) is 17.6 Å². The van der Waals surface area contributed by atoms with Crippen molar-refractivity contribution < 1.29 is 14.3 Å². The molecule has 1 aromatic heterocycles. The summed E-state index contributed by atoms with van der Waals surface area (Å²) in [4.78, 5) is 26.2. The number of carbonyl (C=O) groups is 1. The summed E-state index contributed by atoms with van der Waals surface area (Å²) in [6.07, 6.45) is 0. The predicted octanol–water partition coefficient (Wildman–Crippen LogP) is 5.58. The second kappa shape index (κ2) is 12.0. The zero-order valence-corrected chi connectivity index (χ0v) is 22.0. The molecule has 4 rings (SSSR count). The van der Waals surface area contributed by atoms with Gasteiger partial charge in [-0.25, -0.2) is 0 Å². The van der Waals surface area contributed by atoms with Crippen LogP contribution in [0.1, 0.15) is 6.92 Å². The Morgan fingerprint density at radius 1 is 0.703 bits per heavy atom. The van der Waals surface area contributed by atoms with Crippen LogP contribution in [-0.2, 0) is 4.79 Å². The lowest BCUT2D eigenvalue weighted by atomic mass is 10.2. The Bertz CT molecular complexity index is 1270. The third-order valence-corrected chi connectivity index (χ3v) is 5.71. The lowest BCUT2D eigenvalue weighted by Crippen LogP contribution is -2.32. The molecule has 0 bridgehead atoms. The van der Waals surface area contributed by atoms with Crippen molar-refractivity contribution in [2.75, 3.05) is 35.5 Å². The van der Waals surface area contributed by atoms with Gasteiger partial charge < -0.3 is 30.7 Å². The second-order valence-corrected chi connectivity index (χ2v) is 8.79. The molecule has 11 heteroatoms. The number of nitrogens with zero attached hydrogens (tertiary/aromatic N) is 3. The van der Waals surface area contributed by atoms with Crippen molar-refractivity contribution >= 4 is 56.7 Å². The molecule has 1 heterocycles. The highest BCUT2D eigenvalue weighted by Crippen LogP contribution is 2.22. The number of hydrogen-bond donors (Lipinski definition) is 4. The van der Waals surface area contributed by atoms with Gasteiger partial charge >= 0.3 is 0 Å². The Hall–Kier alpha value is -4.38. The smallest absolute Gasteiger partial charge is 0.246 e. The Kier molecular flexibility index (Phi) is 8.37. The fraction of sp³-hybridized carbons (Fsp3) is 0.154. The van der Waals surface area contributed by atoms with Crippen molar-refractivity contribution in [1.82, 2.24) is 15.0 Å². The molecule has 1 amide bonds. The van der Waals surface area contributed by atoms with Crippen LogP contribution in [0.3, 0.4) is 0 Å². The van der Waals surface area contributed by atoms with Gasteiger partial charge in [-0.05, 0) is 79.7 Å². The molecule has 190 valence electrons. The molecule has 37 heavy (non-hydrogen) atoms. The zero-order chi connectivity index (χ0) is 26.2. The Balaban J connectivity index is 1.54. The van der Waals surface area contributed by atoms with E-state index in [4.69, 9.17) is 9.47 Å². The quantitative estimate of drug-likeness (QED) is 0.196. The van der Waals surface area contributed by atoms with Crippen molar-refractivity contribution in [3.8, 4) is 11.5 Å². The molecule has 0 fully saturated rings. The molecule has 4 N–H and O–H groups in total. The molecule has 0 aliphatic rings. The molecule has 0 radical (unpaired) electrons. The predicted molar refractivity (Wildman–Crippen MR) is 148 cm³/mol. The average molecular weight is 564 g/mol. The van der Waals surface area contributed by atoms with Gasteiger partial charge in [-0.2, -0.15) is 15.0 Å². The monoisotopic (exact) mass is 563 g/mol. The minimum atomic E-state index is -0.631. The van der Waals surface area contributed by atoms with Crippen LogP contribution in [0.25, 0.3) is 0 Å². The fourth-order valence-corrected chi connectivity index (χ4v) is 3.47. The summed E-state index contributed by atoms with van der Waals surface area (Å²) in [6, 6.07) is 21.4. The van der Waals surface area contributed by atoms with Gasteiger partial charge in [0.05, 0.1) is 14.2 Å². The minimum Gasteiger partial charge on any atom is -0.497 e. The number of halogens is 1. The molecular weight excluding hydrogens is 538 g/mol. The SMILES string of the molecule is COc1ccc(Nc2nc(Nc3ccc(OC)cc3)nc(N[C@@H](C)C(=O)Nc3ccc(Br)cc3)n2)cc1. The van der Waals surface area contributed by atoms with E-state index >= 15 is 0 Å². The van der Waals surface area contributed by atoms with Gasteiger partial charge in [-0.3, -0.25) is 4.79 Å². The summed E-state index contributed by atoms with van der Waals surface area (Å²) in [5, 5.41) is 12.3. The largest absolute Gasteiger partial charge is 0.497 e. The van der Waals surface area contributed by atoms with Crippen molar-refractivity contribution in [2.24, 2.45) is 0 Å². The first-order chi connectivity index (χ1) is 17.9. The van der Waals surface area contributed by atoms with Crippen LogP contribution < -0.4 is 30.7 Å². The Morgan fingerprint density at radius 2 is 1.14 bits per heavy atom. The molecule has 0 unspecified atom stereocenters. The number of amides is 1. The molecule has 1 atom stereocenters. The topological polar surface area (TPSA) is 122 Å². The molecule has 0 spiro atoms. The van der Waals surface area contributed by atoms with Crippen molar-refractivity contribution in [3.05, 3.63) is 77.3 Å². The summed E-state index contributed by atoms with van der Waals surface area (Å²) in [5.74, 6) is 2.03. The van der Waals surface area contributed by atoms with Crippen molar-refractivity contribution in [2.45, 2.75) is 13.0 Å². The number of carbonyl (C=O) groups excluding carboxylic acids is 1. The maximum Gasteiger partial charge on any atom is 0.246 e. The third kappa shape index (κ3) is 7.31. The number of benzene rings is 3. The molecule has 10 nitrogen and oxygen atoms in total. The highest BCUT2D eigenvalue weighted by atomic mass is 79.9. The van der Waals surface area contributed by atoms with Gasteiger partial charge in [0.15, 0.2) is 0 Å². The zero-order valence-electron chi connectivity index (χ0n) is 20.4. The van der Waals surface area contributed by atoms with Crippen LogP contribution in [0, 0.1) is 0 Å². The van der Waals surface area contributed by atoms with Gasteiger partial charge in [-0.1, -0.05) is 15.9 Å². The molecule has 0 saturated carbocycles. The van der Waals surface area contributed by atoms with Gasteiger partial charge in [-0.15, -0.1) is 0 Å². The number of anilines is 6. The van der Waals surface area contributed by atoms with Gasteiger partial charge in [0.2, 0.25) is 23.8 Å². The second-order valence-electron chi connectivity index (χ2n) is 7.88. The summed E-state index contributed by atoms with van der Waals surface area (Å²) in [5.41, 5.74) is 2.20. The van der Waals surface area contributed by atoms with Crippen LogP contribution in [0.5, 0.6) is 11.5 Å². The van der Waals surface area contributed by atoms with E-state index in [-0.39, 0.29) is 11.9 Å². The Labute approximate surface area is 223 Å². The van der Waals surface area contributed by atoms with Crippen LogP contribution in [-0.4, -0.2) is 41.1 Å². The van der Waals surface area contributed by atoms with E-state index in [1.54, 1.807) is 21.1 Å². The summed E-state index contributed by atoms with van der Waals surface area (Å²) in [7, 11) is 3.22. The molecular formula is C26H26BrN7O3. The maximum atomic E-state index is 12.8. The standard InChI is InChI=1S/C26H26BrN7O3/c1-16(23(35)29-18-6-4-17(27)5-7-18)28-24-32-25(30-19-8-12-21(36-2)13-9-19)34-26(33-24)31-20-10-14-22(37-3)15-11-20/h4-16H,1-3H3,(H,29,35)(H3,28,30,31,32,33,34)/t16-/m0/s1. The highest BCUT2D eigenvalue weighted by molar-refractivity contribution is 9.10. The van der Waals surface area contributed by atoms with Gasteiger partial charge in [0.25, 0.3) is 0 Å². The number of nitrogens with one attached hydrogen (secondary N) is 4. The first kappa shape index (κ1) is 25.7. The van der Waals surface area contributed by atoms with Crippen LogP contribution in [0.2, 0.25) is 0 Å². The Morgan fingerprint density at radius 3 is 1.59 bits per heavy atom. The number of rotatable bonds is 10. The van der Waals surface area contributed by atoms with E-state index in [9.17, 15) is 4.79 Å². The third-order valence-electron chi connectivity index (χ3n) is 5.18. The summed E-state index contributed by atoms with van der Waals surface area (Å²) >= 11 is 3.39. The van der Waals surface area contributed by atoms with Crippen LogP contribution in [0.4, 0.5) is 34.9 Å². The van der Waals surface area contributed by atoms with Gasteiger partial charge in [0.1, 0.15) is 17.5 Å². The minimum absolute atomic E-state index is 0.223. The van der Waals surface area contributed by atoms with Gasteiger partial charge in [0, 0.05) is 21.5 Å². The van der Waals surface area contributed by atoms with Crippen molar-refractivity contribution in [1.29, 1.82) is 0 Å². The summed E-state index contributed by atoms with van der Waals surface area (Å²) in [6.45, 7) is 1.73. The van der Waals surface area contributed by atoms with Crippen LogP contribution >= 0.6 is 15.9 Å². The number of methoxy groups -OCH3 is 2. The van der Waals surface area contributed by atoms with E-state index in [2.05, 4.69) is 52.1 Å². The number of hydrogen-bond acceptors (Lipinski definition) is 9. The molecule has 0 aliphatic heterocycles.